The molecule has 0 fully saturated rings. The highest BCUT2D eigenvalue weighted by molar-refractivity contribution is 6.08. The van der Waals surface area contributed by atoms with Crippen LogP contribution in [-0.4, -0.2) is 0 Å². The van der Waals surface area contributed by atoms with Gasteiger partial charge in [-0.05, 0) is 54.8 Å². The third-order valence-electron chi connectivity index (χ3n) is 7.59. The van der Waals surface area contributed by atoms with E-state index in [-0.39, 0.29) is 0 Å². The Morgan fingerprint density at radius 3 is 1.61 bits per heavy atom. The largest absolute Gasteiger partial charge is 0.754 e. The van der Waals surface area contributed by atoms with Crippen LogP contribution in [0.25, 0.3) is 22.8 Å². The Hall–Kier alpha value is -5.26. The van der Waals surface area contributed by atoms with Crippen LogP contribution in [0.15, 0.2) is 121 Å². The number of hydroxylamine groups is 1. The fourth-order valence-electron chi connectivity index (χ4n) is 5.52. The molecule has 0 aromatic heterocycles. The van der Waals surface area contributed by atoms with Crippen LogP contribution < -0.4 is 21.0 Å². The van der Waals surface area contributed by atoms with Crippen molar-refractivity contribution >= 4 is 45.5 Å². The molecule has 7 rings (SSSR count). The summed E-state index contributed by atoms with van der Waals surface area (Å²) >= 11 is 0. The maximum atomic E-state index is 13.9. The molecule has 5 aromatic rings. The second-order valence-electron chi connectivity index (χ2n) is 10.5. The molecule has 2 aliphatic heterocycles. The molecule has 0 bridgehead atoms. The van der Waals surface area contributed by atoms with Crippen molar-refractivity contribution in [2.45, 2.75) is 13.8 Å². The Bertz CT molecular complexity index is 1820. The Balaban J connectivity index is 1.34. The molecule has 5 nitrogen and oxygen atoms in total. The molecule has 0 spiro atoms. The van der Waals surface area contributed by atoms with Gasteiger partial charge in [-0.25, -0.2) is 0 Å². The lowest BCUT2D eigenvalue weighted by Crippen LogP contribution is -2.23. The molecule has 3 N–H and O–H groups in total. The first kappa shape index (κ1) is 24.8. The normalized spacial score (nSPS) is 14.1. The van der Waals surface area contributed by atoms with Crippen molar-refractivity contribution in [2.75, 3.05) is 21.0 Å². The van der Waals surface area contributed by atoms with Crippen LogP contribution in [0.3, 0.4) is 0 Å². The van der Waals surface area contributed by atoms with E-state index in [9.17, 15) is 5.21 Å². The highest BCUT2D eigenvalue weighted by Crippen LogP contribution is 2.43. The van der Waals surface area contributed by atoms with Gasteiger partial charge in [0.25, 0.3) is 0 Å². The van der Waals surface area contributed by atoms with Crippen LogP contribution in [0.2, 0.25) is 0 Å². The van der Waals surface area contributed by atoms with Crippen LogP contribution in [0.1, 0.15) is 33.4 Å². The third-order valence-corrected chi connectivity index (χ3v) is 7.59. The molecule has 0 saturated carbocycles. The van der Waals surface area contributed by atoms with Gasteiger partial charge in [0.2, 0.25) is 0 Å². The van der Waals surface area contributed by atoms with Gasteiger partial charge in [0.05, 0.1) is 45.5 Å². The molecule has 0 amide bonds. The van der Waals surface area contributed by atoms with Crippen molar-refractivity contribution < 1.29 is 0 Å². The van der Waals surface area contributed by atoms with E-state index in [4.69, 9.17) is 0 Å². The summed E-state index contributed by atoms with van der Waals surface area (Å²) < 4.78 is 0. The summed E-state index contributed by atoms with van der Waals surface area (Å²) in [6.45, 7) is 4.13. The molecule has 0 unspecified atom stereocenters. The second kappa shape index (κ2) is 10.0. The van der Waals surface area contributed by atoms with E-state index in [1.54, 1.807) is 0 Å². The van der Waals surface area contributed by atoms with Crippen molar-refractivity contribution in [3.05, 3.63) is 160 Å². The maximum absolute atomic E-state index is 13.9. The van der Waals surface area contributed by atoms with E-state index < -0.39 is 0 Å². The standard InChI is InChI=1S/C36H29N4O/c1-23-13-19-29-30(21-23)38-33(25-9-5-3-6-10-25)34(37-29)27-15-17-28(18-16-27)36-35(26-11-7-4-8-12-26)39-31-22-24(2)14-20-32(31)40(36)41/h3-22,37-39H,1-2H3/q-1. The first-order chi connectivity index (χ1) is 20.0. The Morgan fingerprint density at radius 1 is 0.463 bits per heavy atom. The smallest absolute Gasteiger partial charge is 0.0703 e. The van der Waals surface area contributed by atoms with Gasteiger partial charge in [-0.2, -0.15) is 0 Å². The number of nitrogens with one attached hydrogen (secondary N) is 3. The summed E-state index contributed by atoms with van der Waals surface area (Å²) in [5.74, 6) is 0. The predicted molar refractivity (Wildman–Crippen MR) is 172 cm³/mol. The quantitative estimate of drug-likeness (QED) is 0.215. The number of nitrogens with zero attached hydrogens (tertiary/aromatic N) is 1. The summed E-state index contributed by atoms with van der Waals surface area (Å²) in [5, 5.41) is 25.8. The van der Waals surface area contributed by atoms with E-state index in [0.29, 0.717) is 11.4 Å². The molecular formula is C36H29N4O-. The highest BCUT2D eigenvalue weighted by Gasteiger charge is 2.24. The molecule has 5 heteroatoms. The van der Waals surface area contributed by atoms with Crippen molar-refractivity contribution in [3.8, 4) is 0 Å². The average molecular weight is 534 g/mol. The third kappa shape index (κ3) is 4.52. The molecule has 41 heavy (non-hydrogen) atoms. The molecule has 2 heterocycles. The number of hydrogen-bond donors (Lipinski definition) is 3. The zero-order valence-electron chi connectivity index (χ0n) is 22.9. The van der Waals surface area contributed by atoms with Crippen LogP contribution in [0.5, 0.6) is 0 Å². The van der Waals surface area contributed by atoms with Gasteiger partial charge in [-0.1, -0.05) is 97.1 Å². The van der Waals surface area contributed by atoms with Crippen LogP contribution >= 0.6 is 0 Å². The molecule has 0 atom stereocenters. The van der Waals surface area contributed by atoms with E-state index in [1.807, 2.05) is 85.8 Å². The number of rotatable bonds is 4. The number of aryl methyl sites for hydroxylation is 2. The van der Waals surface area contributed by atoms with E-state index in [2.05, 4.69) is 65.3 Å². The molecule has 0 aliphatic carbocycles. The molecule has 5 aromatic carbocycles. The van der Waals surface area contributed by atoms with E-state index in [0.717, 1.165) is 67.0 Å². The minimum absolute atomic E-state index is 0.590. The first-order valence-corrected chi connectivity index (χ1v) is 13.7. The van der Waals surface area contributed by atoms with Gasteiger partial charge < -0.3 is 26.2 Å². The SMILES string of the molecule is Cc1ccc2c(c1)NC(c1ccccc1)=C(c1ccc(C3=C(c4ccccc4)Nc4cc(C)ccc4N3[O-])cc1)N2. The van der Waals surface area contributed by atoms with Crippen molar-refractivity contribution in [3.63, 3.8) is 0 Å². The fourth-order valence-corrected chi connectivity index (χ4v) is 5.52. The Kier molecular flexibility index (Phi) is 6.07. The maximum Gasteiger partial charge on any atom is 0.0703 e. The second-order valence-corrected chi connectivity index (χ2v) is 10.5. The molecule has 200 valence electrons. The molecule has 2 aliphatic rings. The van der Waals surface area contributed by atoms with Crippen LogP contribution in [-0.2, 0) is 0 Å². The summed E-state index contributed by atoms with van der Waals surface area (Å²) in [6, 6.07) is 40.8. The predicted octanol–water partition coefficient (Wildman–Crippen LogP) is 8.92. The lowest BCUT2D eigenvalue weighted by molar-refractivity contribution is 1.26. The minimum atomic E-state index is 0.590. The number of benzene rings is 5. The fraction of sp³-hybridized carbons (Fsp3) is 0.0556. The van der Waals surface area contributed by atoms with Crippen molar-refractivity contribution in [1.29, 1.82) is 0 Å². The summed E-state index contributed by atoms with van der Waals surface area (Å²) in [6.07, 6.45) is 0. The Labute approximate surface area is 240 Å². The van der Waals surface area contributed by atoms with Gasteiger partial charge in [0.1, 0.15) is 0 Å². The number of anilines is 4. The van der Waals surface area contributed by atoms with Gasteiger partial charge in [-0.15, -0.1) is 0 Å². The van der Waals surface area contributed by atoms with Crippen LogP contribution in [0.4, 0.5) is 22.7 Å². The van der Waals surface area contributed by atoms with Gasteiger partial charge >= 0.3 is 0 Å². The number of hydrogen-bond acceptors (Lipinski definition) is 5. The zero-order chi connectivity index (χ0) is 27.9. The summed E-state index contributed by atoms with van der Waals surface area (Å²) in [5.41, 5.74) is 13.1. The number of fused-ring (bicyclic) bond motifs is 2. The molecule has 0 radical (unpaired) electrons. The summed E-state index contributed by atoms with van der Waals surface area (Å²) in [7, 11) is 0. The lowest BCUT2D eigenvalue weighted by Gasteiger charge is -2.41. The topological polar surface area (TPSA) is 62.4 Å². The average Bonchev–Trinajstić information content (AvgIpc) is 3.01. The monoisotopic (exact) mass is 533 g/mol. The van der Waals surface area contributed by atoms with Gasteiger partial charge in [-0.3, -0.25) is 0 Å². The highest BCUT2D eigenvalue weighted by atomic mass is 16.5. The summed E-state index contributed by atoms with van der Waals surface area (Å²) in [4.78, 5) is 0. The van der Waals surface area contributed by atoms with E-state index in [1.165, 1.54) is 5.56 Å². The lowest BCUT2D eigenvalue weighted by atomic mass is 9.97. The van der Waals surface area contributed by atoms with Crippen molar-refractivity contribution in [1.82, 2.24) is 0 Å². The van der Waals surface area contributed by atoms with Gasteiger partial charge in [0, 0.05) is 16.7 Å². The minimum Gasteiger partial charge on any atom is -0.754 e. The van der Waals surface area contributed by atoms with Crippen molar-refractivity contribution in [2.24, 2.45) is 0 Å². The zero-order valence-corrected chi connectivity index (χ0v) is 22.9. The van der Waals surface area contributed by atoms with E-state index >= 15 is 0 Å². The Morgan fingerprint density at radius 2 is 0.951 bits per heavy atom. The molecule has 0 saturated heterocycles. The first-order valence-electron chi connectivity index (χ1n) is 13.7. The molecular weight excluding hydrogens is 504 g/mol. The van der Waals surface area contributed by atoms with Gasteiger partial charge in [0.15, 0.2) is 0 Å². The van der Waals surface area contributed by atoms with Crippen LogP contribution in [0, 0.1) is 19.1 Å².